The highest BCUT2D eigenvalue weighted by Gasteiger charge is 2.51. The van der Waals surface area contributed by atoms with Crippen LogP contribution in [0, 0.1) is 0 Å². The van der Waals surface area contributed by atoms with Crippen LogP contribution in [0.1, 0.15) is 12.8 Å². The molecule has 8 nitrogen and oxygen atoms in total. The van der Waals surface area contributed by atoms with Crippen molar-refractivity contribution in [3.63, 3.8) is 0 Å². The maximum atomic E-state index is 13.1. The van der Waals surface area contributed by atoms with Gasteiger partial charge in [-0.2, -0.15) is 11.8 Å². The van der Waals surface area contributed by atoms with Crippen molar-refractivity contribution >= 4 is 46.8 Å². The van der Waals surface area contributed by atoms with Crippen molar-refractivity contribution in [1.29, 1.82) is 0 Å². The van der Waals surface area contributed by atoms with Gasteiger partial charge >= 0.3 is 5.97 Å². The van der Waals surface area contributed by atoms with Gasteiger partial charge in [-0.1, -0.05) is 23.7 Å². The molecule has 2 N–H and O–H groups in total. The molecule has 3 atom stereocenters. The van der Waals surface area contributed by atoms with Gasteiger partial charge in [-0.25, -0.2) is 4.79 Å². The number of nitrogens with zero attached hydrogens (tertiary/aromatic N) is 2. The summed E-state index contributed by atoms with van der Waals surface area (Å²) in [5, 5.41) is 12.3. The molecule has 10 heteroatoms. The molecule has 1 aromatic rings. The maximum absolute atomic E-state index is 13.1. The van der Waals surface area contributed by atoms with E-state index in [4.69, 9.17) is 21.4 Å². The van der Waals surface area contributed by atoms with Gasteiger partial charge in [0.25, 0.3) is 5.91 Å². The number of hydrogen-bond acceptors (Lipinski definition) is 6. The highest BCUT2D eigenvalue weighted by Crippen LogP contribution is 2.26. The summed E-state index contributed by atoms with van der Waals surface area (Å²) in [5.74, 6) is -0.982. The number of ether oxygens (including phenoxy) is 1. The largest absolute Gasteiger partial charge is 0.479 e. The highest BCUT2D eigenvalue weighted by atomic mass is 35.5. The van der Waals surface area contributed by atoms with E-state index in [0.29, 0.717) is 37.6 Å². The molecule has 0 radical (unpaired) electrons. The number of thioether (sulfide) groups is 1. The molecule has 0 unspecified atom stereocenters. The molecule has 0 aromatic heterocycles. The third-order valence-electron chi connectivity index (χ3n) is 5.23. The molecule has 0 bridgehead atoms. The van der Waals surface area contributed by atoms with Crippen LogP contribution in [0.3, 0.4) is 0 Å². The lowest BCUT2D eigenvalue weighted by Crippen LogP contribution is -2.55. The predicted octanol–water partition coefficient (Wildman–Crippen LogP) is 1.47. The molecule has 164 valence electrons. The lowest BCUT2D eigenvalue weighted by Gasteiger charge is -2.38. The van der Waals surface area contributed by atoms with Crippen molar-refractivity contribution in [1.82, 2.24) is 10.2 Å². The van der Waals surface area contributed by atoms with Crippen LogP contribution in [0.5, 0.6) is 0 Å². The fourth-order valence-corrected chi connectivity index (χ4v) is 4.25. The van der Waals surface area contributed by atoms with Gasteiger partial charge in [0.15, 0.2) is 12.2 Å². The fourth-order valence-electron chi connectivity index (χ4n) is 3.54. The minimum absolute atomic E-state index is 0.143. The first-order valence-electron chi connectivity index (χ1n) is 9.88. The minimum atomic E-state index is -1.17. The monoisotopic (exact) mass is 455 g/mol. The van der Waals surface area contributed by atoms with Gasteiger partial charge in [-0.15, -0.1) is 0 Å². The molecule has 0 aliphatic carbocycles. The van der Waals surface area contributed by atoms with E-state index < -0.39 is 30.1 Å². The number of carbonyl (C=O) groups excluding carboxylic acids is 2. The summed E-state index contributed by atoms with van der Waals surface area (Å²) in [6.07, 6.45) is 1.12. The normalized spacial score (nSPS) is 21.8. The zero-order chi connectivity index (χ0) is 21.7. The molecular formula is C20H26ClN3O5S. The maximum Gasteiger partial charge on any atom is 0.336 e. The molecule has 2 aliphatic heterocycles. The number of carboxylic acids is 1. The third kappa shape index (κ3) is 5.59. The summed E-state index contributed by atoms with van der Waals surface area (Å²) in [7, 11) is 0. The van der Waals surface area contributed by atoms with Crippen LogP contribution in [0.15, 0.2) is 24.3 Å². The van der Waals surface area contributed by atoms with E-state index >= 15 is 0 Å². The molecule has 30 heavy (non-hydrogen) atoms. The Morgan fingerprint density at radius 2 is 1.93 bits per heavy atom. The van der Waals surface area contributed by atoms with E-state index in [9.17, 15) is 14.4 Å². The highest BCUT2D eigenvalue weighted by molar-refractivity contribution is 7.98. The fraction of sp³-hybridized carbons (Fsp3) is 0.550. The lowest BCUT2D eigenvalue weighted by molar-refractivity contribution is -0.138. The number of piperazine rings is 1. The number of nitrogens with one attached hydrogen (secondary N) is 1. The average molecular weight is 456 g/mol. The summed E-state index contributed by atoms with van der Waals surface area (Å²) in [4.78, 5) is 40.2. The number of benzene rings is 1. The van der Waals surface area contributed by atoms with Gasteiger partial charge in [-0.3, -0.25) is 9.59 Å². The SMILES string of the molecule is CSCCC[C@H](NC(=O)[C@H]1O[C@@H]1C(=O)O)C(=O)N1CCN(c2ccccc2Cl)CC1. The topological polar surface area (TPSA) is 102 Å². The van der Waals surface area contributed by atoms with Crippen LogP contribution >= 0.6 is 23.4 Å². The Morgan fingerprint density at radius 1 is 1.23 bits per heavy atom. The number of hydrogen-bond donors (Lipinski definition) is 2. The van der Waals surface area contributed by atoms with E-state index in [1.807, 2.05) is 30.5 Å². The van der Waals surface area contributed by atoms with E-state index in [0.717, 1.165) is 17.9 Å². The van der Waals surface area contributed by atoms with Crippen LogP contribution in [-0.4, -0.2) is 84.2 Å². The summed E-state index contributed by atoms with van der Waals surface area (Å²) in [6, 6.07) is 6.93. The van der Waals surface area contributed by atoms with Crippen molar-refractivity contribution in [2.45, 2.75) is 31.1 Å². The smallest absolute Gasteiger partial charge is 0.336 e. The van der Waals surface area contributed by atoms with Crippen LogP contribution in [0.2, 0.25) is 5.02 Å². The van der Waals surface area contributed by atoms with Crippen molar-refractivity contribution in [2.24, 2.45) is 0 Å². The number of carbonyl (C=O) groups is 3. The first-order valence-corrected chi connectivity index (χ1v) is 11.7. The zero-order valence-electron chi connectivity index (χ0n) is 16.8. The second kappa shape index (κ2) is 10.4. The van der Waals surface area contributed by atoms with Gasteiger partial charge < -0.3 is 25.0 Å². The Morgan fingerprint density at radius 3 is 2.53 bits per heavy atom. The van der Waals surface area contributed by atoms with E-state index in [1.54, 1.807) is 16.7 Å². The molecule has 2 heterocycles. The number of aliphatic carboxylic acids is 1. The lowest BCUT2D eigenvalue weighted by atomic mass is 10.1. The number of halogens is 1. The molecule has 0 saturated carbocycles. The number of anilines is 1. The zero-order valence-corrected chi connectivity index (χ0v) is 18.3. The Kier molecular flexibility index (Phi) is 7.85. The van der Waals surface area contributed by atoms with Crippen LogP contribution in [-0.2, 0) is 19.1 Å². The summed E-state index contributed by atoms with van der Waals surface area (Å²) in [6.45, 7) is 2.34. The second-order valence-corrected chi connectivity index (χ2v) is 8.67. The Balaban J connectivity index is 1.58. The summed E-state index contributed by atoms with van der Waals surface area (Å²) < 4.78 is 4.91. The second-order valence-electron chi connectivity index (χ2n) is 7.28. The van der Waals surface area contributed by atoms with Gasteiger partial charge in [0.2, 0.25) is 5.91 Å². The molecule has 2 aliphatic rings. The standard InChI is InChI=1S/C20H26ClN3O5S/c1-30-12-4-6-14(22-18(25)16-17(29-16)20(27)28)19(26)24-10-8-23(9-11-24)15-7-3-2-5-13(15)21/h2-3,5,7,14,16-17H,4,6,8-12H2,1H3,(H,22,25)(H,27,28)/t14-,16-,17-/m0/s1. The summed E-state index contributed by atoms with van der Waals surface area (Å²) in [5.41, 5.74) is 0.946. The number of epoxide rings is 1. The third-order valence-corrected chi connectivity index (χ3v) is 6.25. The predicted molar refractivity (Wildman–Crippen MR) is 116 cm³/mol. The first kappa shape index (κ1) is 22.7. The van der Waals surface area contributed by atoms with E-state index in [1.165, 1.54) is 0 Å². The minimum Gasteiger partial charge on any atom is -0.479 e. The van der Waals surface area contributed by atoms with Crippen LogP contribution in [0.25, 0.3) is 0 Å². The van der Waals surface area contributed by atoms with Crippen molar-refractivity contribution in [2.75, 3.05) is 43.1 Å². The Bertz CT molecular complexity index is 787. The van der Waals surface area contributed by atoms with E-state index in [-0.39, 0.29) is 5.91 Å². The molecule has 2 saturated heterocycles. The van der Waals surface area contributed by atoms with Gasteiger partial charge in [0.05, 0.1) is 10.7 Å². The van der Waals surface area contributed by atoms with E-state index in [2.05, 4.69) is 10.2 Å². The summed E-state index contributed by atoms with van der Waals surface area (Å²) >= 11 is 7.95. The van der Waals surface area contributed by atoms with Gasteiger partial charge in [0.1, 0.15) is 6.04 Å². The quantitative estimate of drug-likeness (QED) is 0.429. The Labute approximate surface area is 184 Å². The van der Waals surface area contributed by atoms with Gasteiger partial charge in [-0.05, 0) is 37.0 Å². The van der Waals surface area contributed by atoms with Gasteiger partial charge in [0, 0.05) is 26.2 Å². The van der Waals surface area contributed by atoms with Crippen molar-refractivity contribution in [3.05, 3.63) is 29.3 Å². The number of amides is 2. The molecule has 2 amide bonds. The molecule has 0 spiro atoms. The molecule has 1 aromatic carbocycles. The van der Waals surface area contributed by atoms with Crippen molar-refractivity contribution < 1.29 is 24.2 Å². The number of para-hydroxylation sites is 1. The first-order chi connectivity index (χ1) is 14.4. The van der Waals surface area contributed by atoms with Crippen LogP contribution < -0.4 is 10.2 Å². The average Bonchev–Trinajstić information content (AvgIpc) is 3.55. The number of carboxylic acid groups (broad SMARTS) is 1. The molecule has 3 rings (SSSR count). The van der Waals surface area contributed by atoms with Crippen molar-refractivity contribution in [3.8, 4) is 0 Å². The molecular weight excluding hydrogens is 430 g/mol. The Hall–Kier alpha value is -1.97. The van der Waals surface area contributed by atoms with Crippen LogP contribution in [0.4, 0.5) is 5.69 Å². The number of rotatable bonds is 9. The molecule has 2 fully saturated rings.